The number of hydrogen-bond donors (Lipinski definition) is 2. The van der Waals surface area contributed by atoms with Crippen LogP contribution < -0.4 is 10.6 Å². The third kappa shape index (κ3) is 3.52. The molecule has 6 heteroatoms. The van der Waals surface area contributed by atoms with Gasteiger partial charge in [0.2, 0.25) is 0 Å². The van der Waals surface area contributed by atoms with Crippen LogP contribution in [-0.2, 0) is 0 Å². The molecular weight excluding hydrogens is 276 g/mol. The van der Waals surface area contributed by atoms with Crippen molar-refractivity contribution >= 4 is 34.7 Å². The molecule has 2 N–H and O–H groups in total. The van der Waals surface area contributed by atoms with Crippen LogP contribution in [0.5, 0.6) is 0 Å². The van der Waals surface area contributed by atoms with Crippen molar-refractivity contribution in [1.82, 2.24) is 5.32 Å². The molecule has 1 aromatic heterocycles. The molecule has 1 heterocycles. The molecule has 102 valence electrons. The Bertz CT molecular complexity index is 650. The van der Waals surface area contributed by atoms with E-state index < -0.39 is 11.9 Å². The molecule has 2 rings (SSSR count). The van der Waals surface area contributed by atoms with Crippen molar-refractivity contribution in [3.63, 3.8) is 0 Å². The van der Waals surface area contributed by atoms with Gasteiger partial charge in [-0.15, -0.1) is 11.3 Å². The maximum Gasteiger partial charge on any atom is 0.326 e. The van der Waals surface area contributed by atoms with Gasteiger partial charge in [-0.2, -0.15) is 0 Å². The van der Waals surface area contributed by atoms with Crippen LogP contribution in [0.25, 0.3) is 0 Å². The number of urea groups is 1. The summed E-state index contributed by atoms with van der Waals surface area (Å²) >= 11 is 1.25. The first-order chi connectivity index (χ1) is 9.56. The lowest BCUT2D eigenvalue weighted by Crippen LogP contribution is -2.33. The Morgan fingerprint density at radius 1 is 1.10 bits per heavy atom. The Labute approximate surface area is 119 Å². The summed E-state index contributed by atoms with van der Waals surface area (Å²) in [6, 6.07) is 9.23. The van der Waals surface area contributed by atoms with Crippen LogP contribution in [0.1, 0.15) is 27.0 Å². The highest BCUT2D eigenvalue weighted by Gasteiger charge is 2.11. The lowest BCUT2D eigenvalue weighted by atomic mass is 10.1. The second-order valence-electron chi connectivity index (χ2n) is 4.02. The molecule has 0 bridgehead atoms. The van der Waals surface area contributed by atoms with Crippen molar-refractivity contribution in [1.29, 1.82) is 0 Å². The van der Waals surface area contributed by atoms with E-state index >= 15 is 0 Å². The standard InChI is InChI=1S/C14H12N2O3S/c1-9(17)10-4-2-5-11(8-10)15-14(19)16-13(18)12-6-3-7-20-12/h2-8H,1H3,(H2,15,16,18,19). The number of Topliss-reactive ketones (excluding diaryl/α,β-unsaturated/α-hetero) is 1. The van der Waals surface area contributed by atoms with Gasteiger partial charge in [0.1, 0.15) is 0 Å². The number of nitrogens with one attached hydrogen (secondary N) is 2. The number of amides is 3. The Morgan fingerprint density at radius 2 is 1.90 bits per heavy atom. The number of imide groups is 1. The summed E-state index contributed by atoms with van der Waals surface area (Å²) in [6.45, 7) is 1.44. The molecule has 1 aromatic carbocycles. The number of carbonyl (C=O) groups excluding carboxylic acids is 3. The van der Waals surface area contributed by atoms with E-state index in [1.165, 1.54) is 18.3 Å². The smallest absolute Gasteiger partial charge is 0.308 e. The van der Waals surface area contributed by atoms with Crippen LogP contribution in [0, 0.1) is 0 Å². The van der Waals surface area contributed by atoms with Gasteiger partial charge in [0.15, 0.2) is 5.78 Å². The van der Waals surface area contributed by atoms with E-state index in [1.54, 1.807) is 41.8 Å². The van der Waals surface area contributed by atoms with E-state index in [0.717, 1.165) is 0 Å². The van der Waals surface area contributed by atoms with E-state index in [4.69, 9.17) is 0 Å². The highest BCUT2D eigenvalue weighted by atomic mass is 32.1. The van der Waals surface area contributed by atoms with Gasteiger partial charge in [0, 0.05) is 11.3 Å². The van der Waals surface area contributed by atoms with Gasteiger partial charge >= 0.3 is 6.03 Å². The molecule has 0 spiro atoms. The Hall–Kier alpha value is -2.47. The first-order valence-corrected chi connectivity index (χ1v) is 6.71. The van der Waals surface area contributed by atoms with Crippen molar-refractivity contribution < 1.29 is 14.4 Å². The second kappa shape index (κ2) is 6.12. The lowest BCUT2D eigenvalue weighted by molar-refractivity contribution is 0.0969. The molecule has 0 aliphatic carbocycles. The third-order valence-electron chi connectivity index (χ3n) is 2.50. The van der Waals surface area contributed by atoms with Gasteiger partial charge in [-0.05, 0) is 30.5 Å². The summed E-state index contributed by atoms with van der Waals surface area (Å²) in [5, 5.41) is 6.48. The molecule has 0 saturated carbocycles. The van der Waals surface area contributed by atoms with E-state index in [-0.39, 0.29) is 5.78 Å². The summed E-state index contributed by atoms with van der Waals surface area (Å²) < 4.78 is 0. The fourth-order valence-electron chi connectivity index (χ4n) is 1.55. The van der Waals surface area contributed by atoms with Crippen molar-refractivity contribution in [2.24, 2.45) is 0 Å². The van der Waals surface area contributed by atoms with Crippen LogP contribution in [0.4, 0.5) is 10.5 Å². The summed E-state index contributed by atoms with van der Waals surface area (Å²) in [6.07, 6.45) is 0. The van der Waals surface area contributed by atoms with E-state index in [9.17, 15) is 14.4 Å². The van der Waals surface area contributed by atoms with Crippen LogP contribution in [0.15, 0.2) is 41.8 Å². The van der Waals surface area contributed by atoms with Gasteiger partial charge < -0.3 is 5.32 Å². The molecule has 0 aliphatic heterocycles. The van der Waals surface area contributed by atoms with Gasteiger partial charge in [-0.3, -0.25) is 14.9 Å². The first kappa shape index (κ1) is 14.0. The summed E-state index contributed by atoms with van der Waals surface area (Å²) in [4.78, 5) is 35.0. The topological polar surface area (TPSA) is 75.3 Å². The lowest BCUT2D eigenvalue weighted by Gasteiger charge is -2.06. The Balaban J connectivity index is 1.99. The van der Waals surface area contributed by atoms with Gasteiger partial charge in [0.05, 0.1) is 4.88 Å². The normalized spacial score (nSPS) is 9.85. The zero-order valence-corrected chi connectivity index (χ0v) is 11.5. The Morgan fingerprint density at radius 3 is 2.55 bits per heavy atom. The highest BCUT2D eigenvalue weighted by Crippen LogP contribution is 2.11. The maximum absolute atomic E-state index is 11.7. The SMILES string of the molecule is CC(=O)c1cccc(NC(=O)NC(=O)c2cccs2)c1. The first-order valence-electron chi connectivity index (χ1n) is 5.83. The number of rotatable bonds is 3. The minimum absolute atomic E-state index is 0.0938. The summed E-state index contributed by atoms with van der Waals surface area (Å²) in [5.74, 6) is -0.552. The monoisotopic (exact) mass is 288 g/mol. The third-order valence-corrected chi connectivity index (χ3v) is 3.37. The van der Waals surface area contributed by atoms with Crippen molar-refractivity contribution in [2.75, 3.05) is 5.32 Å². The van der Waals surface area contributed by atoms with Crippen molar-refractivity contribution in [2.45, 2.75) is 6.92 Å². The molecule has 0 radical (unpaired) electrons. The minimum atomic E-state index is -0.635. The fourth-order valence-corrected chi connectivity index (χ4v) is 2.17. The molecule has 0 saturated heterocycles. The molecule has 2 aromatic rings. The van der Waals surface area contributed by atoms with Crippen molar-refractivity contribution in [3.05, 3.63) is 52.2 Å². The zero-order chi connectivity index (χ0) is 14.5. The number of carbonyl (C=O) groups is 3. The average molecular weight is 288 g/mol. The van der Waals surface area contributed by atoms with E-state index in [1.807, 2.05) is 0 Å². The van der Waals surface area contributed by atoms with Gasteiger partial charge in [-0.1, -0.05) is 18.2 Å². The number of thiophene rings is 1. The highest BCUT2D eigenvalue weighted by molar-refractivity contribution is 7.12. The predicted molar refractivity (Wildman–Crippen MR) is 77.3 cm³/mol. The summed E-state index contributed by atoms with van der Waals surface area (Å²) in [7, 11) is 0. The number of ketones is 1. The van der Waals surface area contributed by atoms with Gasteiger partial charge in [0.25, 0.3) is 5.91 Å². The molecule has 0 unspecified atom stereocenters. The molecule has 0 aliphatic rings. The molecule has 0 fully saturated rings. The average Bonchev–Trinajstić information content (AvgIpc) is 2.92. The van der Waals surface area contributed by atoms with Crippen LogP contribution >= 0.6 is 11.3 Å². The van der Waals surface area contributed by atoms with Crippen LogP contribution in [0.3, 0.4) is 0 Å². The second-order valence-corrected chi connectivity index (χ2v) is 4.97. The quantitative estimate of drug-likeness (QED) is 0.853. The number of anilines is 1. The van der Waals surface area contributed by atoms with Crippen LogP contribution in [-0.4, -0.2) is 17.7 Å². The molecular formula is C14H12N2O3S. The predicted octanol–water partition coefficient (Wildman–Crippen LogP) is 2.91. The van der Waals surface area contributed by atoms with Gasteiger partial charge in [-0.25, -0.2) is 4.79 Å². The van der Waals surface area contributed by atoms with E-state index in [0.29, 0.717) is 16.1 Å². The molecule has 3 amide bonds. The number of benzene rings is 1. The van der Waals surface area contributed by atoms with Crippen LogP contribution in [0.2, 0.25) is 0 Å². The molecule has 20 heavy (non-hydrogen) atoms. The largest absolute Gasteiger partial charge is 0.326 e. The number of hydrogen-bond acceptors (Lipinski definition) is 4. The van der Waals surface area contributed by atoms with Crippen molar-refractivity contribution in [3.8, 4) is 0 Å². The maximum atomic E-state index is 11.7. The molecule has 0 atom stereocenters. The fraction of sp³-hybridized carbons (Fsp3) is 0.0714. The summed E-state index contributed by atoms with van der Waals surface area (Å²) in [5.41, 5.74) is 0.946. The van der Waals surface area contributed by atoms with E-state index in [2.05, 4.69) is 10.6 Å². The molecule has 5 nitrogen and oxygen atoms in total. The minimum Gasteiger partial charge on any atom is -0.308 e. The Kier molecular flexibility index (Phi) is 4.27. The zero-order valence-electron chi connectivity index (χ0n) is 10.7.